The molecule has 22 heavy (non-hydrogen) atoms. The van der Waals surface area contributed by atoms with E-state index in [4.69, 9.17) is 14.6 Å². The van der Waals surface area contributed by atoms with Gasteiger partial charge in [-0.15, -0.1) is 0 Å². The number of rotatable bonds is 4. The van der Waals surface area contributed by atoms with Crippen molar-refractivity contribution in [2.45, 2.75) is 51.9 Å². The molecule has 1 N–H and O–H groups in total. The summed E-state index contributed by atoms with van der Waals surface area (Å²) in [6.45, 7) is 6.61. The van der Waals surface area contributed by atoms with Gasteiger partial charge in [-0.05, 0) is 45.7 Å². The predicted molar refractivity (Wildman–Crippen MR) is 81.6 cm³/mol. The fourth-order valence-electron chi connectivity index (χ4n) is 2.35. The highest BCUT2D eigenvalue weighted by atomic mass is 16.6. The number of aliphatic hydroxyl groups is 1. The third-order valence-corrected chi connectivity index (χ3v) is 3.41. The maximum absolute atomic E-state index is 12.2. The van der Waals surface area contributed by atoms with Gasteiger partial charge in [0.15, 0.2) is 0 Å². The van der Waals surface area contributed by atoms with Crippen molar-refractivity contribution >= 4 is 6.09 Å². The third-order valence-electron chi connectivity index (χ3n) is 3.41. The SMILES string of the molecule is CC(C)(C)OC(=O)N1CCC[C@H]1COc1ccc(CO)nc1. The molecule has 0 radical (unpaired) electrons. The molecule has 0 aromatic carbocycles. The zero-order valence-corrected chi connectivity index (χ0v) is 13.4. The zero-order valence-electron chi connectivity index (χ0n) is 13.4. The topological polar surface area (TPSA) is 71.9 Å². The quantitative estimate of drug-likeness (QED) is 0.924. The van der Waals surface area contributed by atoms with Crippen LogP contribution in [0.3, 0.4) is 0 Å². The first-order valence-electron chi connectivity index (χ1n) is 7.57. The monoisotopic (exact) mass is 308 g/mol. The van der Waals surface area contributed by atoms with Gasteiger partial charge in [0.25, 0.3) is 0 Å². The Balaban J connectivity index is 1.89. The summed E-state index contributed by atoms with van der Waals surface area (Å²) in [5.74, 6) is 0.633. The summed E-state index contributed by atoms with van der Waals surface area (Å²) in [5, 5.41) is 8.96. The van der Waals surface area contributed by atoms with E-state index in [1.807, 2.05) is 20.8 Å². The van der Waals surface area contributed by atoms with Gasteiger partial charge in [-0.25, -0.2) is 4.79 Å². The molecule has 1 saturated heterocycles. The summed E-state index contributed by atoms with van der Waals surface area (Å²) < 4.78 is 11.1. The Hall–Kier alpha value is -1.82. The fraction of sp³-hybridized carbons (Fsp3) is 0.625. The van der Waals surface area contributed by atoms with E-state index in [-0.39, 0.29) is 18.7 Å². The molecular weight excluding hydrogens is 284 g/mol. The van der Waals surface area contributed by atoms with E-state index >= 15 is 0 Å². The summed E-state index contributed by atoms with van der Waals surface area (Å²) in [6, 6.07) is 3.51. The van der Waals surface area contributed by atoms with Crippen LogP contribution < -0.4 is 4.74 Å². The van der Waals surface area contributed by atoms with Gasteiger partial charge >= 0.3 is 6.09 Å². The Morgan fingerprint density at radius 2 is 2.23 bits per heavy atom. The van der Waals surface area contributed by atoms with Gasteiger partial charge in [0.2, 0.25) is 0 Å². The number of aromatic nitrogens is 1. The number of ether oxygens (including phenoxy) is 2. The Bertz CT molecular complexity index is 496. The van der Waals surface area contributed by atoms with Crippen LogP contribution in [0.4, 0.5) is 4.79 Å². The first-order valence-corrected chi connectivity index (χ1v) is 7.57. The van der Waals surface area contributed by atoms with Gasteiger partial charge in [-0.2, -0.15) is 0 Å². The van der Waals surface area contributed by atoms with Gasteiger partial charge in [-0.1, -0.05) is 0 Å². The van der Waals surface area contributed by atoms with E-state index in [2.05, 4.69) is 4.98 Å². The highest BCUT2D eigenvalue weighted by Crippen LogP contribution is 2.22. The van der Waals surface area contributed by atoms with Crippen LogP contribution in [0.1, 0.15) is 39.3 Å². The normalized spacial score (nSPS) is 18.4. The van der Waals surface area contributed by atoms with Crippen LogP contribution in [0.25, 0.3) is 0 Å². The summed E-state index contributed by atoms with van der Waals surface area (Å²) in [5.41, 5.74) is 0.110. The second-order valence-corrected chi connectivity index (χ2v) is 6.42. The van der Waals surface area contributed by atoms with E-state index in [0.717, 1.165) is 12.8 Å². The minimum absolute atomic E-state index is 0.0207. The Morgan fingerprint density at radius 3 is 2.82 bits per heavy atom. The maximum atomic E-state index is 12.2. The second-order valence-electron chi connectivity index (χ2n) is 6.42. The van der Waals surface area contributed by atoms with Crippen molar-refractivity contribution in [2.75, 3.05) is 13.2 Å². The van der Waals surface area contributed by atoms with Gasteiger partial charge in [0.05, 0.1) is 24.5 Å². The van der Waals surface area contributed by atoms with Crippen molar-refractivity contribution in [3.8, 4) is 5.75 Å². The number of carbonyl (C=O) groups is 1. The summed E-state index contributed by atoms with van der Waals surface area (Å²) in [6.07, 6.45) is 3.15. The van der Waals surface area contributed by atoms with Crippen LogP contribution in [-0.2, 0) is 11.3 Å². The van der Waals surface area contributed by atoms with Crippen LogP contribution in [0, 0.1) is 0 Å². The molecule has 1 aliphatic heterocycles. The van der Waals surface area contributed by atoms with E-state index in [1.165, 1.54) is 0 Å². The van der Waals surface area contributed by atoms with Gasteiger partial charge in [0.1, 0.15) is 18.0 Å². The first-order chi connectivity index (χ1) is 10.4. The first kappa shape index (κ1) is 16.5. The highest BCUT2D eigenvalue weighted by Gasteiger charge is 2.32. The molecule has 1 fully saturated rings. The minimum atomic E-state index is -0.491. The van der Waals surface area contributed by atoms with Crippen LogP contribution >= 0.6 is 0 Å². The van der Waals surface area contributed by atoms with Crippen molar-refractivity contribution in [1.82, 2.24) is 9.88 Å². The van der Waals surface area contributed by atoms with Crippen molar-refractivity contribution in [1.29, 1.82) is 0 Å². The number of likely N-dealkylation sites (tertiary alicyclic amines) is 1. The molecule has 1 aliphatic rings. The number of aliphatic hydroxyl groups excluding tert-OH is 1. The number of hydrogen-bond donors (Lipinski definition) is 1. The lowest BCUT2D eigenvalue weighted by molar-refractivity contribution is 0.0187. The molecule has 1 aromatic rings. The lowest BCUT2D eigenvalue weighted by Crippen LogP contribution is -2.42. The molecule has 1 aromatic heterocycles. The van der Waals surface area contributed by atoms with Crippen LogP contribution in [-0.4, -0.2) is 45.9 Å². The van der Waals surface area contributed by atoms with Gasteiger partial charge in [-0.3, -0.25) is 4.98 Å². The molecule has 6 nitrogen and oxygen atoms in total. The van der Waals surface area contributed by atoms with Crippen molar-refractivity contribution in [3.63, 3.8) is 0 Å². The summed E-state index contributed by atoms with van der Waals surface area (Å²) >= 11 is 0. The maximum Gasteiger partial charge on any atom is 0.410 e. The summed E-state index contributed by atoms with van der Waals surface area (Å²) in [4.78, 5) is 18.0. The van der Waals surface area contributed by atoms with Crippen molar-refractivity contribution in [2.24, 2.45) is 0 Å². The molecule has 2 rings (SSSR count). The van der Waals surface area contributed by atoms with Gasteiger partial charge < -0.3 is 19.5 Å². The molecule has 0 aliphatic carbocycles. The molecule has 122 valence electrons. The van der Waals surface area contributed by atoms with E-state index in [1.54, 1.807) is 23.2 Å². The van der Waals surface area contributed by atoms with Crippen molar-refractivity contribution in [3.05, 3.63) is 24.0 Å². The second kappa shape index (κ2) is 6.96. The fourth-order valence-corrected chi connectivity index (χ4v) is 2.35. The molecule has 0 spiro atoms. The molecule has 1 amide bonds. The molecule has 6 heteroatoms. The molecule has 0 bridgehead atoms. The van der Waals surface area contributed by atoms with E-state index in [0.29, 0.717) is 24.6 Å². The molecule has 2 heterocycles. The van der Waals surface area contributed by atoms with E-state index in [9.17, 15) is 4.79 Å². The Labute approximate surface area is 131 Å². The molecular formula is C16H24N2O4. The lowest BCUT2D eigenvalue weighted by atomic mass is 10.2. The highest BCUT2D eigenvalue weighted by molar-refractivity contribution is 5.69. The number of carbonyl (C=O) groups excluding carboxylic acids is 1. The number of amides is 1. The number of hydrogen-bond acceptors (Lipinski definition) is 5. The minimum Gasteiger partial charge on any atom is -0.490 e. The number of pyridine rings is 1. The molecule has 1 atom stereocenters. The standard InChI is InChI=1S/C16H24N2O4/c1-16(2,3)22-15(20)18-8-4-5-13(18)11-21-14-7-6-12(10-19)17-9-14/h6-7,9,13,19H,4-5,8,10-11H2,1-3H3/t13-/m0/s1. The lowest BCUT2D eigenvalue weighted by Gasteiger charge is -2.28. The van der Waals surface area contributed by atoms with Crippen LogP contribution in [0.15, 0.2) is 18.3 Å². The molecule has 0 unspecified atom stereocenters. The summed E-state index contributed by atoms with van der Waals surface area (Å²) in [7, 11) is 0. The smallest absolute Gasteiger partial charge is 0.410 e. The van der Waals surface area contributed by atoms with E-state index < -0.39 is 5.60 Å². The Morgan fingerprint density at radius 1 is 1.45 bits per heavy atom. The number of nitrogens with zero attached hydrogens (tertiary/aromatic N) is 2. The largest absolute Gasteiger partial charge is 0.490 e. The van der Waals surface area contributed by atoms with Gasteiger partial charge in [0, 0.05) is 6.54 Å². The molecule has 0 saturated carbocycles. The average Bonchev–Trinajstić information content (AvgIpc) is 2.92. The van der Waals surface area contributed by atoms with Crippen LogP contribution in [0.5, 0.6) is 5.75 Å². The van der Waals surface area contributed by atoms with Crippen LogP contribution in [0.2, 0.25) is 0 Å². The van der Waals surface area contributed by atoms with Crippen molar-refractivity contribution < 1.29 is 19.4 Å². The Kier molecular flexibility index (Phi) is 5.24. The zero-order chi connectivity index (χ0) is 16.2. The predicted octanol–water partition coefficient (Wildman–Crippen LogP) is 2.35. The average molecular weight is 308 g/mol. The third kappa shape index (κ3) is 4.59.